The van der Waals surface area contributed by atoms with Crippen LogP contribution in [-0.2, 0) is 6.42 Å². The van der Waals surface area contributed by atoms with E-state index in [1.807, 2.05) is 12.1 Å². The van der Waals surface area contributed by atoms with Crippen LogP contribution in [0.2, 0.25) is 0 Å². The fourth-order valence-electron chi connectivity index (χ4n) is 1.93. The van der Waals surface area contributed by atoms with Crippen molar-refractivity contribution in [3.8, 4) is 5.75 Å². The molecule has 0 radical (unpaired) electrons. The van der Waals surface area contributed by atoms with Gasteiger partial charge in [-0.25, -0.2) is 0 Å². The van der Waals surface area contributed by atoms with Gasteiger partial charge in [0.2, 0.25) is 0 Å². The first-order valence-corrected chi connectivity index (χ1v) is 6.36. The molecule has 0 bridgehead atoms. The fourth-order valence-corrected chi connectivity index (χ4v) is 3.09. The lowest BCUT2D eigenvalue weighted by Crippen LogP contribution is -2.12. The number of phenolic OH excluding ortho intramolecular Hbond substituents is 1. The van der Waals surface area contributed by atoms with Crippen molar-refractivity contribution in [2.75, 3.05) is 11.5 Å². The van der Waals surface area contributed by atoms with Crippen LogP contribution in [0.15, 0.2) is 24.3 Å². The van der Waals surface area contributed by atoms with Gasteiger partial charge in [-0.3, -0.25) is 0 Å². The number of hydrogen-bond donors (Lipinski definition) is 1. The number of thioether (sulfide) groups is 1. The van der Waals surface area contributed by atoms with Crippen molar-refractivity contribution in [2.45, 2.75) is 19.3 Å². The van der Waals surface area contributed by atoms with Gasteiger partial charge in [-0.2, -0.15) is 11.8 Å². The van der Waals surface area contributed by atoms with E-state index in [0.29, 0.717) is 5.75 Å². The van der Waals surface area contributed by atoms with Crippen LogP contribution in [0.1, 0.15) is 18.4 Å². The van der Waals surface area contributed by atoms with Gasteiger partial charge in [0.25, 0.3) is 0 Å². The van der Waals surface area contributed by atoms with Crippen LogP contribution in [0, 0.1) is 5.92 Å². The molecular formula is C12H16OS. The number of rotatable bonds is 2. The Morgan fingerprint density at radius 2 is 2.07 bits per heavy atom. The smallest absolute Gasteiger partial charge is 0.115 e. The summed E-state index contributed by atoms with van der Waals surface area (Å²) in [6, 6.07) is 7.64. The summed E-state index contributed by atoms with van der Waals surface area (Å²) in [6.45, 7) is 0. The van der Waals surface area contributed by atoms with E-state index in [1.165, 1.54) is 36.3 Å². The average molecular weight is 208 g/mol. The molecule has 1 aromatic rings. The lowest BCUT2D eigenvalue weighted by molar-refractivity contribution is 0.474. The maximum Gasteiger partial charge on any atom is 0.115 e. The molecule has 14 heavy (non-hydrogen) atoms. The van der Waals surface area contributed by atoms with Gasteiger partial charge in [0.15, 0.2) is 0 Å². The molecule has 0 aliphatic carbocycles. The second-order valence-corrected chi connectivity index (χ2v) is 5.10. The Bertz CT molecular complexity index is 275. The van der Waals surface area contributed by atoms with Gasteiger partial charge >= 0.3 is 0 Å². The molecule has 0 saturated carbocycles. The molecule has 0 aromatic heterocycles. The molecule has 1 aliphatic rings. The molecule has 1 N–H and O–H groups in total. The van der Waals surface area contributed by atoms with E-state index in [-0.39, 0.29) is 0 Å². The van der Waals surface area contributed by atoms with Crippen LogP contribution >= 0.6 is 11.8 Å². The molecule has 76 valence electrons. The van der Waals surface area contributed by atoms with E-state index < -0.39 is 0 Å². The van der Waals surface area contributed by atoms with E-state index in [1.54, 1.807) is 12.1 Å². The molecule has 1 aromatic carbocycles. The third-order valence-electron chi connectivity index (χ3n) is 2.72. The molecule has 2 heteroatoms. The Kier molecular flexibility index (Phi) is 3.35. The zero-order valence-corrected chi connectivity index (χ0v) is 9.09. The van der Waals surface area contributed by atoms with Crippen LogP contribution in [0.25, 0.3) is 0 Å². The van der Waals surface area contributed by atoms with Crippen LogP contribution in [0.3, 0.4) is 0 Å². The Balaban J connectivity index is 1.92. The Hall–Kier alpha value is -0.630. The monoisotopic (exact) mass is 208 g/mol. The van der Waals surface area contributed by atoms with E-state index in [2.05, 4.69) is 11.8 Å². The van der Waals surface area contributed by atoms with Crippen molar-refractivity contribution >= 4 is 11.8 Å². The van der Waals surface area contributed by atoms with E-state index in [4.69, 9.17) is 5.11 Å². The average Bonchev–Trinajstić information content (AvgIpc) is 2.23. The first kappa shape index (κ1) is 9.91. The minimum absolute atomic E-state index is 0.367. The summed E-state index contributed by atoms with van der Waals surface area (Å²) < 4.78 is 0. The maximum atomic E-state index is 9.16. The summed E-state index contributed by atoms with van der Waals surface area (Å²) >= 11 is 2.08. The van der Waals surface area contributed by atoms with Crippen LogP contribution in [-0.4, -0.2) is 16.6 Å². The SMILES string of the molecule is Oc1ccc(CC2CCCSC2)cc1. The molecule has 1 nitrogen and oxygen atoms in total. The number of benzene rings is 1. The van der Waals surface area contributed by atoms with Gasteiger partial charge in [0.1, 0.15) is 5.75 Å². The zero-order valence-electron chi connectivity index (χ0n) is 8.28. The molecule has 1 saturated heterocycles. The number of aromatic hydroxyl groups is 1. The maximum absolute atomic E-state index is 9.16. The Morgan fingerprint density at radius 1 is 1.29 bits per heavy atom. The predicted octanol–water partition coefficient (Wildman–Crippen LogP) is 3.08. The van der Waals surface area contributed by atoms with E-state index in [9.17, 15) is 0 Å². The number of hydrogen-bond acceptors (Lipinski definition) is 2. The first-order valence-electron chi connectivity index (χ1n) is 5.20. The molecular weight excluding hydrogens is 192 g/mol. The van der Waals surface area contributed by atoms with Crippen molar-refractivity contribution < 1.29 is 5.11 Å². The van der Waals surface area contributed by atoms with Crippen molar-refractivity contribution in [1.29, 1.82) is 0 Å². The van der Waals surface area contributed by atoms with Crippen LogP contribution in [0.4, 0.5) is 0 Å². The molecule has 1 atom stereocenters. The molecule has 1 heterocycles. The first-order chi connectivity index (χ1) is 6.84. The second kappa shape index (κ2) is 4.74. The largest absolute Gasteiger partial charge is 0.508 e. The highest BCUT2D eigenvalue weighted by atomic mass is 32.2. The summed E-state index contributed by atoms with van der Waals surface area (Å²) in [4.78, 5) is 0. The van der Waals surface area contributed by atoms with Crippen molar-refractivity contribution in [3.05, 3.63) is 29.8 Å². The highest BCUT2D eigenvalue weighted by Gasteiger charge is 2.13. The summed E-state index contributed by atoms with van der Waals surface area (Å²) in [5, 5.41) is 9.16. The van der Waals surface area contributed by atoms with Crippen LogP contribution < -0.4 is 0 Å². The Morgan fingerprint density at radius 3 is 2.71 bits per heavy atom. The van der Waals surface area contributed by atoms with Crippen molar-refractivity contribution in [2.24, 2.45) is 5.92 Å². The summed E-state index contributed by atoms with van der Waals surface area (Å²) in [5.74, 6) is 3.86. The van der Waals surface area contributed by atoms with Gasteiger partial charge in [0, 0.05) is 0 Å². The van der Waals surface area contributed by atoms with Crippen molar-refractivity contribution in [1.82, 2.24) is 0 Å². The minimum Gasteiger partial charge on any atom is -0.508 e. The van der Waals surface area contributed by atoms with Gasteiger partial charge in [-0.05, 0) is 54.4 Å². The molecule has 0 amide bonds. The van der Waals surface area contributed by atoms with E-state index >= 15 is 0 Å². The van der Waals surface area contributed by atoms with E-state index in [0.717, 1.165) is 5.92 Å². The molecule has 0 spiro atoms. The fraction of sp³-hybridized carbons (Fsp3) is 0.500. The predicted molar refractivity (Wildman–Crippen MR) is 61.9 cm³/mol. The second-order valence-electron chi connectivity index (χ2n) is 3.95. The zero-order chi connectivity index (χ0) is 9.80. The minimum atomic E-state index is 0.367. The topological polar surface area (TPSA) is 20.2 Å². The summed E-state index contributed by atoms with van der Waals surface area (Å²) in [7, 11) is 0. The van der Waals surface area contributed by atoms with Gasteiger partial charge in [-0.15, -0.1) is 0 Å². The third-order valence-corrected chi connectivity index (χ3v) is 4.00. The molecule has 1 fully saturated rings. The Labute approximate surface area is 89.5 Å². The standard InChI is InChI=1S/C12H16OS/c13-12-5-3-10(4-6-12)8-11-2-1-7-14-9-11/h3-6,11,13H,1-2,7-9H2. The van der Waals surface area contributed by atoms with Crippen molar-refractivity contribution in [3.63, 3.8) is 0 Å². The summed E-state index contributed by atoms with van der Waals surface area (Å²) in [5.41, 5.74) is 1.36. The quantitative estimate of drug-likeness (QED) is 0.806. The number of phenols is 1. The highest BCUT2D eigenvalue weighted by Crippen LogP contribution is 2.26. The highest BCUT2D eigenvalue weighted by molar-refractivity contribution is 7.99. The normalized spacial score (nSPS) is 22.1. The molecule has 1 unspecified atom stereocenters. The lowest BCUT2D eigenvalue weighted by atomic mass is 9.96. The van der Waals surface area contributed by atoms with Gasteiger partial charge < -0.3 is 5.11 Å². The van der Waals surface area contributed by atoms with Gasteiger partial charge in [0.05, 0.1) is 0 Å². The summed E-state index contributed by atoms with van der Waals surface area (Å²) in [6.07, 6.45) is 3.91. The third kappa shape index (κ3) is 2.68. The lowest BCUT2D eigenvalue weighted by Gasteiger charge is -2.21. The molecule has 2 rings (SSSR count). The van der Waals surface area contributed by atoms with Crippen LogP contribution in [0.5, 0.6) is 5.75 Å². The van der Waals surface area contributed by atoms with Gasteiger partial charge in [-0.1, -0.05) is 12.1 Å². The molecule has 1 aliphatic heterocycles.